The molecule has 0 fully saturated rings. The normalized spacial score (nSPS) is 10.6. The first-order chi connectivity index (χ1) is 13.6. The van der Waals surface area contributed by atoms with Gasteiger partial charge in [-0.25, -0.2) is 4.98 Å². The zero-order chi connectivity index (χ0) is 19.5. The maximum Gasteiger partial charge on any atom is 0.254 e. The van der Waals surface area contributed by atoms with Crippen LogP contribution in [0.25, 0.3) is 17.0 Å². The van der Waals surface area contributed by atoms with Crippen molar-refractivity contribution in [3.05, 3.63) is 60.9 Å². The predicted molar refractivity (Wildman–Crippen MR) is 107 cm³/mol. The van der Waals surface area contributed by atoms with Crippen molar-refractivity contribution in [1.82, 2.24) is 19.6 Å². The maximum absolute atomic E-state index is 11.5. The quantitative estimate of drug-likeness (QED) is 0.555. The number of amides is 1. The monoisotopic (exact) mass is 374 g/mol. The van der Waals surface area contributed by atoms with Crippen LogP contribution < -0.4 is 15.4 Å². The van der Waals surface area contributed by atoms with Gasteiger partial charge in [-0.05, 0) is 18.2 Å². The van der Waals surface area contributed by atoms with E-state index in [1.54, 1.807) is 23.8 Å². The Morgan fingerprint density at radius 2 is 1.93 bits per heavy atom. The van der Waals surface area contributed by atoms with Crippen molar-refractivity contribution in [2.75, 3.05) is 17.7 Å². The molecule has 0 aliphatic heterocycles. The molecular weight excluding hydrogens is 356 g/mol. The number of fused-ring (bicyclic) bond motifs is 1. The number of anilines is 3. The second-order valence-corrected chi connectivity index (χ2v) is 6.09. The van der Waals surface area contributed by atoms with Crippen LogP contribution in [0.5, 0.6) is 5.75 Å². The van der Waals surface area contributed by atoms with Crippen molar-refractivity contribution in [2.45, 2.75) is 6.92 Å². The van der Waals surface area contributed by atoms with Gasteiger partial charge in [0, 0.05) is 24.2 Å². The first-order valence-electron chi connectivity index (χ1n) is 8.63. The molecule has 1 amide bonds. The zero-order valence-corrected chi connectivity index (χ0v) is 15.4. The SMILES string of the molecule is COc1ccc(Nc2cc(-c3ccccc3)nc3ncnn23)cc1NC(C)=O. The van der Waals surface area contributed by atoms with Crippen molar-refractivity contribution in [1.29, 1.82) is 0 Å². The second-order valence-electron chi connectivity index (χ2n) is 6.09. The van der Waals surface area contributed by atoms with Crippen molar-refractivity contribution in [2.24, 2.45) is 0 Å². The fourth-order valence-electron chi connectivity index (χ4n) is 2.88. The van der Waals surface area contributed by atoms with Gasteiger partial charge in [-0.15, -0.1) is 0 Å². The lowest BCUT2D eigenvalue weighted by atomic mass is 10.1. The highest BCUT2D eigenvalue weighted by Crippen LogP contribution is 2.30. The first-order valence-corrected chi connectivity index (χ1v) is 8.63. The lowest BCUT2D eigenvalue weighted by Crippen LogP contribution is -2.08. The average Bonchev–Trinajstić information content (AvgIpc) is 3.17. The van der Waals surface area contributed by atoms with Crippen LogP contribution in [-0.4, -0.2) is 32.6 Å². The molecule has 0 spiro atoms. The van der Waals surface area contributed by atoms with E-state index >= 15 is 0 Å². The molecule has 4 aromatic rings. The van der Waals surface area contributed by atoms with Crippen molar-refractivity contribution >= 4 is 28.9 Å². The summed E-state index contributed by atoms with van der Waals surface area (Å²) in [6.07, 6.45) is 1.46. The molecular formula is C20H18N6O2. The van der Waals surface area contributed by atoms with Crippen LogP contribution >= 0.6 is 0 Å². The Bertz CT molecular complexity index is 1140. The number of hydrogen-bond acceptors (Lipinski definition) is 6. The van der Waals surface area contributed by atoms with E-state index in [4.69, 9.17) is 4.74 Å². The van der Waals surface area contributed by atoms with Crippen LogP contribution in [0.3, 0.4) is 0 Å². The highest BCUT2D eigenvalue weighted by Gasteiger charge is 2.11. The minimum absolute atomic E-state index is 0.176. The summed E-state index contributed by atoms with van der Waals surface area (Å²) in [4.78, 5) is 20.3. The molecule has 8 nitrogen and oxygen atoms in total. The molecule has 0 saturated carbocycles. The predicted octanol–water partition coefficient (Wildman–Crippen LogP) is 3.50. The van der Waals surface area contributed by atoms with Crippen LogP contribution in [0.15, 0.2) is 60.9 Å². The summed E-state index contributed by atoms with van der Waals surface area (Å²) in [6, 6.07) is 17.2. The van der Waals surface area contributed by atoms with Crippen molar-refractivity contribution < 1.29 is 9.53 Å². The largest absolute Gasteiger partial charge is 0.495 e. The molecule has 8 heteroatoms. The summed E-state index contributed by atoms with van der Waals surface area (Å²) in [5, 5.41) is 10.3. The molecule has 0 atom stereocenters. The minimum atomic E-state index is -0.176. The number of rotatable bonds is 5. The first kappa shape index (κ1) is 17.5. The number of aromatic nitrogens is 4. The van der Waals surface area contributed by atoms with Gasteiger partial charge < -0.3 is 15.4 Å². The lowest BCUT2D eigenvalue weighted by molar-refractivity contribution is -0.114. The third-order valence-electron chi connectivity index (χ3n) is 4.10. The van der Waals surface area contributed by atoms with Gasteiger partial charge in [0.15, 0.2) is 0 Å². The highest BCUT2D eigenvalue weighted by atomic mass is 16.5. The van der Waals surface area contributed by atoms with Gasteiger partial charge in [-0.1, -0.05) is 30.3 Å². The number of carbonyl (C=O) groups is 1. The third kappa shape index (κ3) is 3.48. The molecule has 2 aromatic carbocycles. The molecule has 0 unspecified atom stereocenters. The van der Waals surface area contributed by atoms with E-state index < -0.39 is 0 Å². The Labute approximate surface area is 161 Å². The summed E-state index contributed by atoms with van der Waals surface area (Å²) >= 11 is 0. The second kappa shape index (κ2) is 7.36. The van der Waals surface area contributed by atoms with Crippen LogP contribution in [0.1, 0.15) is 6.92 Å². The number of nitrogens with zero attached hydrogens (tertiary/aromatic N) is 4. The number of nitrogens with one attached hydrogen (secondary N) is 2. The fraction of sp³-hybridized carbons (Fsp3) is 0.100. The van der Waals surface area contributed by atoms with E-state index in [0.29, 0.717) is 23.0 Å². The van der Waals surface area contributed by atoms with Gasteiger partial charge in [0.25, 0.3) is 5.78 Å². The molecule has 2 heterocycles. The van der Waals surface area contributed by atoms with E-state index in [9.17, 15) is 4.79 Å². The summed E-state index contributed by atoms with van der Waals surface area (Å²) in [5.41, 5.74) is 3.09. The summed E-state index contributed by atoms with van der Waals surface area (Å²) in [6.45, 7) is 1.45. The van der Waals surface area contributed by atoms with Gasteiger partial charge in [0.05, 0.1) is 18.5 Å². The van der Waals surface area contributed by atoms with Gasteiger partial charge in [0.2, 0.25) is 5.91 Å². The molecule has 28 heavy (non-hydrogen) atoms. The Morgan fingerprint density at radius 3 is 2.68 bits per heavy atom. The Balaban J connectivity index is 1.75. The number of methoxy groups -OCH3 is 1. The topological polar surface area (TPSA) is 93.4 Å². The summed E-state index contributed by atoms with van der Waals surface area (Å²) in [5.74, 6) is 1.58. The lowest BCUT2D eigenvalue weighted by Gasteiger charge is -2.13. The standard InChI is InChI=1S/C20H18N6O2/c1-13(27)23-17-10-15(8-9-18(17)28-2)24-19-11-16(14-6-4-3-5-7-14)25-20-21-12-22-26(19)20/h3-12,24H,1-2H3,(H,23,27). The van der Waals surface area contributed by atoms with E-state index in [-0.39, 0.29) is 5.91 Å². The van der Waals surface area contributed by atoms with E-state index in [1.165, 1.54) is 13.3 Å². The molecule has 2 N–H and O–H groups in total. The maximum atomic E-state index is 11.5. The van der Waals surface area contributed by atoms with Crippen molar-refractivity contribution in [3.63, 3.8) is 0 Å². The Hall–Kier alpha value is -3.94. The van der Waals surface area contributed by atoms with Gasteiger partial charge >= 0.3 is 0 Å². The zero-order valence-electron chi connectivity index (χ0n) is 15.4. The molecule has 0 bridgehead atoms. The molecule has 140 valence electrons. The highest BCUT2D eigenvalue weighted by molar-refractivity contribution is 5.91. The molecule has 0 radical (unpaired) electrons. The molecule has 0 aliphatic carbocycles. The van der Waals surface area contributed by atoms with Crippen LogP contribution in [-0.2, 0) is 4.79 Å². The number of benzene rings is 2. The average molecular weight is 374 g/mol. The van der Waals surface area contributed by atoms with Gasteiger partial charge in [0.1, 0.15) is 17.9 Å². The Morgan fingerprint density at radius 1 is 1.11 bits per heavy atom. The Kier molecular flexibility index (Phi) is 4.59. The minimum Gasteiger partial charge on any atom is -0.495 e. The summed E-state index contributed by atoms with van der Waals surface area (Å²) < 4.78 is 6.93. The van der Waals surface area contributed by atoms with E-state index in [1.807, 2.05) is 42.5 Å². The van der Waals surface area contributed by atoms with Crippen molar-refractivity contribution in [3.8, 4) is 17.0 Å². The molecule has 2 aromatic heterocycles. The number of carbonyl (C=O) groups excluding carboxylic acids is 1. The number of ether oxygens (including phenoxy) is 1. The fourth-order valence-corrected chi connectivity index (χ4v) is 2.88. The third-order valence-corrected chi connectivity index (χ3v) is 4.10. The van der Waals surface area contributed by atoms with Crippen LogP contribution in [0.4, 0.5) is 17.2 Å². The van der Waals surface area contributed by atoms with Crippen LogP contribution in [0, 0.1) is 0 Å². The van der Waals surface area contributed by atoms with E-state index in [0.717, 1.165) is 16.9 Å². The van der Waals surface area contributed by atoms with E-state index in [2.05, 4.69) is 25.7 Å². The summed E-state index contributed by atoms with van der Waals surface area (Å²) in [7, 11) is 1.56. The van der Waals surface area contributed by atoms with Gasteiger partial charge in [-0.3, -0.25) is 4.79 Å². The molecule has 4 rings (SSSR count). The van der Waals surface area contributed by atoms with Crippen LogP contribution in [0.2, 0.25) is 0 Å². The molecule has 0 saturated heterocycles. The van der Waals surface area contributed by atoms with Gasteiger partial charge in [-0.2, -0.15) is 14.6 Å². The number of hydrogen-bond donors (Lipinski definition) is 2. The smallest absolute Gasteiger partial charge is 0.254 e. The molecule has 0 aliphatic rings.